The van der Waals surface area contributed by atoms with Gasteiger partial charge < -0.3 is 14.4 Å². The van der Waals surface area contributed by atoms with Crippen molar-refractivity contribution >= 4 is 25.6 Å². The zero-order chi connectivity index (χ0) is 22.1. The smallest absolute Gasteiger partial charge is 0.254 e. The molecule has 0 saturated carbocycles. The molecule has 0 radical (unpaired) electrons. The van der Waals surface area contributed by atoms with Gasteiger partial charge in [0.25, 0.3) is 5.91 Å². The molecule has 1 fully saturated rings. The minimum atomic E-state index is -3.92. The number of ether oxygens (including phenoxy) is 2. The average molecular weight is 456 g/mol. The standard InChI is InChI=1S/C21H23ClFNO5S/c1-13-4-5-14(2)17(8-13)21(25)24-10-19(28-3)20(11-24)29-16-6-7-18(23)15(9-16)12-30(22,26)27/h4-9,19-20H,10-12H2,1-3H3/t19-,20-/m1/s1. The Hall–Kier alpha value is -2.16. The molecule has 0 unspecified atom stereocenters. The zero-order valence-corrected chi connectivity index (χ0v) is 18.5. The van der Waals surface area contributed by atoms with Crippen LogP contribution in [0.4, 0.5) is 4.39 Å². The molecule has 2 aromatic carbocycles. The van der Waals surface area contributed by atoms with Gasteiger partial charge in [-0.1, -0.05) is 17.7 Å². The van der Waals surface area contributed by atoms with Crippen LogP contribution in [-0.2, 0) is 19.5 Å². The van der Waals surface area contributed by atoms with Crippen LogP contribution < -0.4 is 4.74 Å². The van der Waals surface area contributed by atoms with Gasteiger partial charge >= 0.3 is 0 Å². The second kappa shape index (κ2) is 8.91. The Balaban J connectivity index is 1.78. The topological polar surface area (TPSA) is 72.9 Å². The quantitative estimate of drug-likeness (QED) is 0.624. The van der Waals surface area contributed by atoms with Crippen molar-refractivity contribution in [2.24, 2.45) is 0 Å². The zero-order valence-electron chi connectivity index (χ0n) is 16.9. The van der Waals surface area contributed by atoms with E-state index in [1.807, 2.05) is 32.0 Å². The summed E-state index contributed by atoms with van der Waals surface area (Å²) in [7, 11) is 2.86. The fourth-order valence-electron chi connectivity index (χ4n) is 3.48. The molecule has 1 amide bonds. The van der Waals surface area contributed by atoms with Crippen LogP contribution >= 0.6 is 10.7 Å². The lowest BCUT2D eigenvalue weighted by molar-refractivity contribution is 0.0339. The first-order chi connectivity index (χ1) is 14.1. The average Bonchev–Trinajstić information content (AvgIpc) is 3.07. The lowest BCUT2D eigenvalue weighted by atomic mass is 10.0. The van der Waals surface area contributed by atoms with E-state index in [0.29, 0.717) is 12.1 Å². The minimum absolute atomic E-state index is 0.0854. The second-order valence-corrected chi connectivity index (χ2v) is 10.2. The lowest BCUT2D eigenvalue weighted by Crippen LogP contribution is -2.32. The summed E-state index contributed by atoms with van der Waals surface area (Å²) in [5, 5.41) is 0. The Bertz CT molecular complexity index is 1060. The van der Waals surface area contributed by atoms with Gasteiger partial charge in [0.2, 0.25) is 9.05 Å². The molecule has 0 aliphatic carbocycles. The van der Waals surface area contributed by atoms with Crippen LogP contribution in [0.15, 0.2) is 36.4 Å². The SMILES string of the molecule is CO[C@@H]1CN(C(=O)c2cc(C)ccc2C)C[C@H]1Oc1ccc(F)c(CS(=O)(=O)Cl)c1. The number of carbonyl (C=O) groups excluding carboxylic acids is 1. The van der Waals surface area contributed by atoms with Gasteiger partial charge in [-0.25, -0.2) is 12.8 Å². The normalized spacial score (nSPS) is 19.2. The van der Waals surface area contributed by atoms with Crippen molar-refractivity contribution in [1.29, 1.82) is 0 Å². The van der Waals surface area contributed by atoms with Crippen LogP contribution in [-0.4, -0.2) is 51.6 Å². The van der Waals surface area contributed by atoms with E-state index in [9.17, 15) is 17.6 Å². The van der Waals surface area contributed by atoms with Gasteiger partial charge in [-0.15, -0.1) is 0 Å². The Labute approximate surface area is 180 Å². The van der Waals surface area contributed by atoms with Gasteiger partial charge in [-0.05, 0) is 43.7 Å². The van der Waals surface area contributed by atoms with E-state index < -0.39 is 26.7 Å². The summed E-state index contributed by atoms with van der Waals surface area (Å²) >= 11 is 0. The van der Waals surface area contributed by atoms with E-state index in [0.717, 1.165) is 17.2 Å². The van der Waals surface area contributed by atoms with Crippen LogP contribution in [0.5, 0.6) is 5.75 Å². The number of amides is 1. The van der Waals surface area contributed by atoms with E-state index in [-0.39, 0.29) is 29.9 Å². The highest BCUT2D eigenvalue weighted by Gasteiger charge is 2.37. The van der Waals surface area contributed by atoms with Gasteiger partial charge in [0, 0.05) is 28.9 Å². The predicted molar refractivity (Wildman–Crippen MR) is 112 cm³/mol. The first kappa shape index (κ1) is 22.5. The molecule has 0 bridgehead atoms. The number of likely N-dealkylation sites (tertiary alicyclic amines) is 1. The highest BCUT2D eigenvalue weighted by Crippen LogP contribution is 2.26. The van der Waals surface area contributed by atoms with Gasteiger partial charge in [0.05, 0.1) is 18.8 Å². The van der Waals surface area contributed by atoms with Crippen molar-refractivity contribution in [2.45, 2.75) is 31.8 Å². The number of nitrogens with zero attached hydrogens (tertiary/aromatic N) is 1. The summed E-state index contributed by atoms with van der Waals surface area (Å²) < 4.78 is 48.0. The second-order valence-electron chi connectivity index (χ2n) is 7.40. The molecule has 162 valence electrons. The maximum atomic E-state index is 13.9. The largest absolute Gasteiger partial charge is 0.486 e. The van der Waals surface area contributed by atoms with Gasteiger partial charge in [-0.2, -0.15) is 0 Å². The van der Waals surface area contributed by atoms with Crippen LogP contribution in [0.3, 0.4) is 0 Å². The third kappa shape index (κ3) is 5.30. The molecule has 0 N–H and O–H groups in total. The van der Waals surface area contributed by atoms with Crippen molar-refractivity contribution < 1.29 is 27.1 Å². The molecular formula is C21H23ClFNO5S. The van der Waals surface area contributed by atoms with Crippen LogP contribution in [0.25, 0.3) is 0 Å². The van der Waals surface area contributed by atoms with Crippen LogP contribution in [0.2, 0.25) is 0 Å². The van der Waals surface area contributed by atoms with Crippen molar-refractivity contribution in [3.8, 4) is 5.75 Å². The van der Waals surface area contributed by atoms with E-state index >= 15 is 0 Å². The number of rotatable bonds is 6. The summed E-state index contributed by atoms with van der Waals surface area (Å²) in [4.78, 5) is 14.7. The van der Waals surface area contributed by atoms with E-state index in [1.165, 1.54) is 19.2 Å². The minimum Gasteiger partial charge on any atom is -0.486 e. The summed E-state index contributed by atoms with van der Waals surface area (Å²) in [6, 6.07) is 9.55. The molecule has 2 aromatic rings. The molecule has 0 aromatic heterocycles. The fraction of sp³-hybridized carbons (Fsp3) is 0.381. The molecule has 0 spiro atoms. The molecule has 2 atom stereocenters. The third-order valence-electron chi connectivity index (χ3n) is 5.06. The molecule has 30 heavy (non-hydrogen) atoms. The maximum absolute atomic E-state index is 13.9. The van der Waals surface area contributed by atoms with E-state index in [2.05, 4.69) is 0 Å². The van der Waals surface area contributed by atoms with E-state index in [4.69, 9.17) is 20.2 Å². The van der Waals surface area contributed by atoms with Gasteiger partial charge in [-0.3, -0.25) is 4.79 Å². The Kier molecular flexibility index (Phi) is 6.69. The van der Waals surface area contributed by atoms with Crippen molar-refractivity contribution in [2.75, 3.05) is 20.2 Å². The van der Waals surface area contributed by atoms with Gasteiger partial charge in [0.15, 0.2) is 0 Å². The number of carbonyl (C=O) groups is 1. The van der Waals surface area contributed by atoms with Gasteiger partial charge in [0.1, 0.15) is 23.8 Å². The molecule has 9 heteroatoms. The molecule has 3 rings (SSSR count). The highest BCUT2D eigenvalue weighted by atomic mass is 35.7. The fourth-order valence-corrected chi connectivity index (χ4v) is 4.43. The van der Waals surface area contributed by atoms with E-state index in [1.54, 1.807) is 4.90 Å². The number of hydrogen-bond donors (Lipinski definition) is 0. The number of benzene rings is 2. The number of hydrogen-bond acceptors (Lipinski definition) is 5. The first-order valence-corrected chi connectivity index (χ1v) is 11.8. The lowest BCUT2D eigenvalue weighted by Gasteiger charge is -2.19. The molecule has 1 aliphatic heterocycles. The number of aryl methyl sites for hydroxylation is 2. The highest BCUT2D eigenvalue weighted by molar-refractivity contribution is 8.13. The Morgan fingerprint density at radius 2 is 1.87 bits per heavy atom. The molecule has 6 nitrogen and oxygen atoms in total. The maximum Gasteiger partial charge on any atom is 0.254 e. The third-order valence-corrected chi connectivity index (χ3v) is 6.04. The summed E-state index contributed by atoms with van der Waals surface area (Å²) in [6.45, 7) is 4.44. The number of methoxy groups -OCH3 is 1. The summed E-state index contributed by atoms with van der Waals surface area (Å²) in [5.41, 5.74) is 2.42. The number of halogens is 2. The molecule has 1 aliphatic rings. The molecule has 1 heterocycles. The van der Waals surface area contributed by atoms with Crippen LogP contribution in [0.1, 0.15) is 27.0 Å². The molecule has 1 saturated heterocycles. The predicted octanol–water partition coefficient (Wildman–Crippen LogP) is 3.43. The Morgan fingerprint density at radius 1 is 1.17 bits per heavy atom. The molecular weight excluding hydrogens is 433 g/mol. The van der Waals surface area contributed by atoms with Crippen molar-refractivity contribution in [3.63, 3.8) is 0 Å². The Morgan fingerprint density at radius 3 is 2.53 bits per heavy atom. The van der Waals surface area contributed by atoms with Crippen LogP contribution in [0, 0.1) is 19.7 Å². The first-order valence-electron chi connectivity index (χ1n) is 9.34. The summed E-state index contributed by atoms with van der Waals surface area (Å²) in [6.07, 6.45) is -0.876. The monoisotopic (exact) mass is 455 g/mol. The summed E-state index contributed by atoms with van der Waals surface area (Å²) in [5.74, 6) is -1.17. The van der Waals surface area contributed by atoms with Crippen molar-refractivity contribution in [3.05, 3.63) is 64.5 Å². The van der Waals surface area contributed by atoms with Crippen molar-refractivity contribution in [1.82, 2.24) is 4.90 Å².